The molecule has 2 atom stereocenters. The highest BCUT2D eigenvalue weighted by Crippen LogP contribution is 2.29. The summed E-state index contributed by atoms with van der Waals surface area (Å²) in [5.41, 5.74) is 2.78. The highest BCUT2D eigenvalue weighted by Gasteiger charge is 2.37. The summed E-state index contributed by atoms with van der Waals surface area (Å²) in [5.74, 6) is -0.883. The number of nitrogens with one attached hydrogen (secondary N) is 1. The molecule has 0 radical (unpaired) electrons. The molecule has 0 unspecified atom stereocenters. The van der Waals surface area contributed by atoms with E-state index in [9.17, 15) is 14.4 Å². The molecular weight excluding hydrogens is 396 g/mol. The maximum atomic E-state index is 12.6. The Morgan fingerprint density at radius 2 is 1.87 bits per heavy atom. The van der Waals surface area contributed by atoms with Crippen LogP contribution in [0.2, 0.25) is 0 Å². The number of anilines is 1. The molecule has 0 aromatic heterocycles. The van der Waals surface area contributed by atoms with Crippen LogP contribution in [0.25, 0.3) is 0 Å². The van der Waals surface area contributed by atoms with Crippen LogP contribution >= 0.6 is 0 Å². The van der Waals surface area contributed by atoms with Gasteiger partial charge < -0.3 is 19.7 Å². The number of rotatable bonds is 8. The number of carbonyl (C=O) groups excluding carboxylic acids is 3. The van der Waals surface area contributed by atoms with Crippen LogP contribution in [0.15, 0.2) is 48.5 Å². The number of para-hydroxylation sites is 1. The molecule has 3 rings (SSSR count). The van der Waals surface area contributed by atoms with Gasteiger partial charge in [-0.25, -0.2) is 0 Å². The lowest BCUT2D eigenvalue weighted by Gasteiger charge is -2.20. The summed E-state index contributed by atoms with van der Waals surface area (Å²) in [6, 6.07) is 15.0. The molecule has 2 aromatic carbocycles. The predicted molar refractivity (Wildman–Crippen MR) is 117 cm³/mol. The summed E-state index contributed by atoms with van der Waals surface area (Å²) in [5, 5.41) is 2.76. The number of carbonyl (C=O) groups is 3. The van der Waals surface area contributed by atoms with Crippen LogP contribution in [-0.2, 0) is 32.1 Å². The van der Waals surface area contributed by atoms with Gasteiger partial charge in [0.15, 0.2) is 6.10 Å². The second-order valence-corrected chi connectivity index (χ2v) is 7.53. The molecule has 0 spiro atoms. The molecule has 7 nitrogen and oxygen atoms in total. The lowest BCUT2D eigenvalue weighted by molar-refractivity contribution is -0.158. The maximum absolute atomic E-state index is 12.6. The second kappa shape index (κ2) is 10.1. The van der Waals surface area contributed by atoms with Crippen molar-refractivity contribution in [3.63, 3.8) is 0 Å². The van der Waals surface area contributed by atoms with Gasteiger partial charge in [-0.05, 0) is 42.7 Å². The van der Waals surface area contributed by atoms with Gasteiger partial charge in [0, 0.05) is 25.2 Å². The third-order valence-corrected chi connectivity index (χ3v) is 5.41. The number of aryl methyl sites for hydroxylation is 1. The van der Waals surface area contributed by atoms with Gasteiger partial charge in [0.25, 0.3) is 5.91 Å². The molecular formula is C24H28N2O5. The van der Waals surface area contributed by atoms with Gasteiger partial charge in [0.1, 0.15) is 5.75 Å². The first-order valence-corrected chi connectivity index (χ1v) is 10.4. The molecule has 1 fully saturated rings. The van der Waals surface area contributed by atoms with E-state index in [1.54, 1.807) is 12.0 Å². The average Bonchev–Trinajstić information content (AvgIpc) is 3.19. The van der Waals surface area contributed by atoms with Crippen molar-refractivity contribution in [1.29, 1.82) is 0 Å². The van der Waals surface area contributed by atoms with Crippen molar-refractivity contribution in [2.24, 2.45) is 5.92 Å². The quantitative estimate of drug-likeness (QED) is 0.659. The minimum absolute atomic E-state index is 0.0804. The predicted octanol–water partition coefficient (Wildman–Crippen LogP) is 2.86. The van der Waals surface area contributed by atoms with E-state index in [0.29, 0.717) is 6.54 Å². The number of methoxy groups -OCH3 is 1. The van der Waals surface area contributed by atoms with Crippen LogP contribution in [0, 0.1) is 5.92 Å². The summed E-state index contributed by atoms with van der Waals surface area (Å²) < 4.78 is 10.5. The Kier molecular flexibility index (Phi) is 7.28. The van der Waals surface area contributed by atoms with Crippen LogP contribution in [0.3, 0.4) is 0 Å². The third-order valence-electron chi connectivity index (χ3n) is 5.41. The fourth-order valence-corrected chi connectivity index (χ4v) is 3.57. The van der Waals surface area contributed by atoms with Gasteiger partial charge in [-0.1, -0.05) is 37.3 Å². The Morgan fingerprint density at radius 3 is 2.55 bits per heavy atom. The lowest BCUT2D eigenvalue weighted by atomic mass is 10.1. The second-order valence-electron chi connectivity index (χ2n) is 7.53. The smallest absolute Gasteiger partial charge is 0.312 e. The van der Waals surface area contributed by atoms with Crippen LogP contribution < -0.4 is 15.0 Å². The van der Waals surface area contributed by atoms with Gasteiger partial charge in [-0.2, -0.15) is 0 Å². The summed E-state index contributed by atoms with van der Waals surface area (Å²) in [7, 11) is 1.59. The van der Waals surface area contributed by atoms with E-state index in [1.807, 2.05) is 55.5 Å². The lowest BCUT2D eigenvalue weighted by Crippen LogP contribution is -2.37. The Labute approximate surface area is 182 Å². The third kappa shape index (κ3) is 5.42. The SMILES string of the molecule is CCc1ccccc1N1C[C@@H](C(=O)O[C@@H](C)C(=O)NCc2ccc(OC)cc2)CC1=O. The molecule has 1 N–H and O–H groups in total. The van der Waals surface area contributed by atoms with Gasteiger partial charge in [-0.15, -0.1) is 0 Å². The van der Waals surface area contributed by atoms with E-state index in [2.05, 4.69) is 5.32 Å². The van der Waals surface area contributed by atoms with Gasteiger partial charge in [0.05, 0.1) is 13.0 Å². The molecule has 2 aromatic rings. The summed E-state index contributed by atoms with van der Waals surface area (Å²) in [6.07, 6.45) is -0.0739. The highest BCUT2D eigenvalue weighted by atomic mass is 16.5. The molecule has 1 heterocycles. The minimum atomic E-state index is -0.946. The Balaban J connectivity index is 1.53. The molecule has 2 amide bonds. The first-order chi connectivity index (χ1) is 14.9. The molecule has 0 saturated carbocycles. The van der Waals surface area contributed by atoms with E-state index >= 15 is 0 Å². The van der Waals surface area contributed by atoms with Crippen LogP contribution in [0.4, 0.5) is 5.69 Å². The zero-order chi connectivity index (χ0) is 22.4. The van der Waals surface area contributed by atoms with Crippen LogP contribution in [-0.4, -0.2) is 37.5 Å². The monoisotopic (exact) mass is 424 g/mol. The van der Waals surface area contributed by atoms with E-state index in [4.69, 9.17) is 9.47 Å². The van der Waals surface area contributed by atoms with Crippen molar-refractivity contribution in [1.82, 2.24) is 5.32 Å². The van der Waals surface area contributed by atoms with Crippen molar-refractivity contribution in [2.45, 2.75) is 39.3 Å². The molecule has 1 saturated heterocycles. The van der Waals surface area contributed by atoms with Gasteiger partial charge in [-0.3, -0.25) is 14.4 Å². The Morgan fingerprint density at radius 1 is 1.16 bits per heavy atom. The molecule has 0 aliphatic carbocycles. The fraction of sp³-hybridized carbons (Fsp3) is 0.375. The molecule has 31 heavy (non-hydrogen) atoms. The van der Waals surface area contributed by atoms with Crippen molar-refractivity contribution in [3.05, 3.63) is 59.7 Å². The molecule has 164 valence electrons. The number of hydrogen-bond donors (Lipinski definition) is 1. The van der Waals surface area contributed by atoms with Crippen molar-refractivity contribution < 1.29 is 23.9 Å². The average molecular weight is 424 g/mol. The first kappa shape index (κ1) is 22.3. The van der Waals surface area contributed by atoms with Crippen LogP contribution in [0.5, 0.6) is 5.75 Å². The summed E-state index contributed by atoms with van der Waals surface area (Å²) in [6.45, 7) is 4.13. The Bertz CT molecular complexity index is 941. The number of hydrogen-bond acceptors (Lipinski definition) is 5. The van der Waals surface area contributed by atoms with Crippen molar-refractivity contribution in [2.75, 3.05) is 18.6 Å². The number of benzene rings is 2. The number of nitrogens with zero attached hydrogens (tertiary/aromatic N) is 1. The van der Waals surface area contributed by atoms with Crippen LogP contribution in [0.1, 0.15) is 31.4 Å². The number of esters is 1. The van der Waals surface area contributed by atoms with Gasteiger partial charge in [0.2, 0.25) is 5.91 Å². The van der Waals surface area contributed by atoms with E-state index in [0.717, 1.165) is 29.0 Å². The van der Waals surface area contributed by atoms with Gasteiger partial charge >= 0.3 is 5.97 Å². The standard InChI is InChI=1S/C24H28N2O5/c1-4-18-7-5-6-8-21(18)26-15-19(13-22(26)27)24(29)31-16(2)23(28)25-14-17-9-11-20(30-3)12-10-17/h5-12,16,19H,4,13-15H2,1-3H3,(H,25,28)/t16-,19-/m0/s1. The number of amides is 2. The van der Waals surface area contributed by atoms with Crippen molar-refractivity contribution in [3.8, 4) is 5.75 Å². The maximum Gasteiger partial charge on any atom is 0.312 e. The number of ether oxygens (including phenoxy) is 2. The van der Waals surface area contributed by atoms with E-state index in [1.165, 1.54) is 6.92 Å². The molecule has 0 bridgehead atoms. The fourth-order valence-electron chi connectivity index (χ4n) is 3.57. The topological polar surface area (TPSA) is 84.9 Å². The zero-order valence-corrected chi connectivity index (χ0v) is 18.1. The zero-order valence-electron chi connectivity index (χ0n) is 18.1. The molecule has 7 heteroatoms. The Hall–Kier alpha value is -3.35. The van der Waals surface area contributed by atoms with E-state index < -0.39 is 18.0 Å². The largest absolute Gasteiger partial charge is 0.497 e. The molecule has 1 aliphatic heterocycles. The molecule has 1 aliphatic rings. The van der Waals surface area contributed by atoms with E-state index in [-0.39, 0.29) is 24.8 Å². The highest BCUT2D eigenvalue weighted by molar-refractivity contribution is 6.00. The minimum Gasteiger partial charge on any atom is -0.497 e. The first-order valence-electron chi connectivity index (χ1n) is 10.4. The normalized spacial score (nSPS) is 16.7. The summed E-state index contributed by atoms with van der Waals surface area (Å²) in [4.78, 5) is 39.1. The summed E-state index contributed by atoms with van der Waals surface area (Å²) >= 11 is 0. The van der Waals surface area contributed by atoms with Crippen molar-refractivity contribution >= 4 is 23.5 Å².